The predicted molar refractivity (Wildman–Crippen MR) is 141 cm³/mol. The Morgan fingerprint density at radius 2 is 1.31 bits per heavy atom. The summed E-state index contributed by atoms with van der Waals surface area (Å²) in [6, 6.07) is 16.2. The first kappa shape index (κ1) is 24.5. The SMILES string of the molecule is CCc1ccccc1COc1ccc(C2C3=C(CC(C)(C)CC3=O)OC3=C2C(=O)CC(C)(C)C3)cc1. The summed E-state index contributed by atoms with van der Waals surface area (Å²) < 4.78 is 12.5. The second-order valence-electron chi connectivity index (χ2n) is 12.1. The van der Waals surface area contributed by atoms with Crippen LogP contribution in [0.15, 0.2) is 71.2 Å². The van der Waals surface area contributed by atoms with Gasteiger partial charge in [0.05, 0.1) is 0 Å². The molecule has 0 spiro atoms. The molecule has 2 aliphatic carbocycles. The Morgan fingerprint density at radius 3 is 1.83 bits per heavy atom. The fourth-order valence-corrected chi connectivity index (χ4v) is 5.97. The highest BCUT2D eigenvalue weighted by atomic mass is 16.5. The van der Waals surface area contributed by atoms with Gasteiger partial charge in [-0.3, -0.25) is 9.59 Å². The summed E-state index contributed by atoms with van der Waals surface area (Å²) in [6.45, 7) is 11.1. The van der Waals surface area contributed by atoms with Gasteiger partial charge in [-0.15, -0.1) is 0 Å². The third kappa shape index (κ3) is 4.66. The number of allylic oxidation sites excluding steroid dienone is 4. The zero-order chi connectivity index (χ0) is 25.7. The monoisotopic (exact) mass is 484 g/mol. The molecule has 0 saturated carbocycles. The molecular formula is C32H36O4. The first-order valence-electron chi connectivity index (χ1n) is 13.1. The van der Waals surface area contributed by atoms with Crippen LogP contribution in [0.2, 0.25) is 0 Å². The minimum atomic E-state index is -0.370. The maximum atomic E-state index is 13.4. The van der Waals surface area contributed by atoms with E-state index in [0.717, 1.165) is 29.3 Å². The van der Waals surface area contributed by atoms with E-state index in [4.69, 9.17) is 9.47 Å². The fraction of sp³-hybridized carbons (Fsp3) is 0.438. The molecule has 1 aliphatic heterocycles. The maximum Gasteiger partial charge on any atom is 0.163 e. The average molecular weight is 485 g/mol. The van der Waals surface area contributed by atoms with Crippen molar-refractivity contribution in [2.45, 2.75) is 79.2 Å². The van der Waals surface area contributed by atoms with Gasteiger partial charge in [-0.25, -0.2) is 0 Å². The highest BCUT2D eigenvalue weighted by Crippen LogP contribution is 2.53. The van der Waals surface area contributed by atoms with Crippen molar-refractivity contribution >= 4 is 11.6 Å². The lowest BCUT2D eigenvalue weighted by Crippen LogP contribution is -2.37. The van der Waals surface area contributed by atoms with Crippen molar-refractivity contribution in [2.24, 2.45) is 10.8 Å². The number of hydrogen-bond acceptors (Lipinski definition) is 4. The number of carbonyl (C=O) groups excluding carboxylic acids is 2. The molecule has 0 amide bonds. The van der Waals surface area contributed by atoms with E-state index in [9.17, 15) is 9.59 Å². The minimum absolute atomic E-state index is 0.0898. The molecule has 0 radical (unpaired) electrons. The molecule has 0 aromatic heterocycles. The van der Waals surface area contributed by atoms with Gasteiger partial charge in [-0.05, 0) is 46.1 Å². The first-order valence-corrected chi connectivity index (χ1v) is 13.1. The lowest BCUT2D eigenvalue weighted by Gasteiger charge is -2.42. The number of Topliss-reactive ketones (excluding diaryl/α,β-unsaturated/α-hetero) is 2. The van der Waals surface area contributed by atoms with Crippen LogP contribution in [0.5, 0.6) is 5.75 Å². The van der Waals surface area contributed by atoms with E-state index in [-0.39, 0.29) is 28.3 Å². The number of carbonyl (C=O) groups is 2. The fourth-order valence-electron chi connectivity index (χ4n) is 5.97. The van der Waals surface area contributed by atoms with Crippen LogP contribution < -0.4 is 4.74 Å². The number of hydrogen-bond donors (Lipinski definition) is 0. The number of benzene rings is 2. The van der Waals surface area contributed by atoms with Crippen LogP contribution >= 0.6 is 0 Å². The van der Waals surface area contributed by atoms with Crippen LogP contribution in [0.1, 0.15) is 82.9 Å². The quantitative estimate of drug-likeness (QED) is 0.449. The average Bonchev–Trinajstić information content (AvgIpc) is 2.80. The summed E-state index contributed by atoms with van der Waals surface area (Å²) in [7, 11) is 0. The van der Waals surface area contributed by atoms with E-state index in [1.807, 2.05) is 30.3 Å². The van der Waals surface area contributed by atoms with Crippen molar-refractivity contribution < 1.29 is 19.1 Å². The van der Waals surface area contributed by atoms with Crippen LogP contribution in [-0.2, 0) is 27.4 Å². The molecule has 4 heteroatoms. The van der Waals surface area contributed by atoms with Gasteiger partial charge in [-0.1, -0.05) is 71.0 Å². The lowest BCUT2D eigenvalue weighted by atomic mass is 9.65. The molecule has 5 rings (SSSR count). The summed E-state index contributed by atoms with van der Waals surface area (Å²) in [6.07, 6.45) is 3.30. The van der Waals surface area contributed by atoms with Gasteiger partial charge < -0.3 is 9.47 Å². The standard InChI is InChI=1S/C32H36O4/c1-6-20-9-7-8-10-22(20)19-35-23-13-11-21(12-14-23)28-29-24(33)15-31(2,3)17-26(29)36-27-18-32(4,5)16-25(34)30(27)28/h7-14,28H,6,15-19H2,1-5H3. The Bertz CT molecular complexity index is 1220. The molecule has 0 atom stereocenters. The van der Waals surface area contributed by atoms with E-state index < -0.39 is 0 Å². The van der Waals surface area contributed by atoms with Crippen LogP contribution in [0, 0.1) is 10.8 Å². The highest BCUT2D eigenvalue weighted by molar-refractivity contribution is 6.06. The van der Waals surface area contributed by atoms with E-state index in [1.54, 1.807) is 0 Å². The van der Waals surface area contributed by atoms with Crippen molar-refractivity contribution in [3.05, 3.63) is 87.9 Å². The Kier molecular flexibility index (Phi) is 6.18. The Balaban J connectivity index is 1.48. The van der Waals surface area contributed by atoms with E-state index in [2.05, 4.69) is 52.8 Å². The third-order valence-corrected chi connectivity index (χ3v) is 7.69. The number of aryl methyl sites for hydroxylation is 1. The predicted octanol–water partition coefficient (Wildman–Crippen LogP) is 7.23. The molecule has 0 fully saturated rings. The van der Waals surface area contributed by atoms with Gasteiger partial charge in [0.2, 0.25) is 0 Å². The summed E-state index contributed by atoms with van der Waals surface area (Å²) >= 11 is 0. The van der Waals surface area contributed by atoms with Crippen molar-refractivity contribution in [3.8, 4) is 5.75 Å². The lowest BCUT2D eigenvalue weighted by molar-refractivity contribution is -0.120. The minimum Gasteiger partial charge on any atom is -0.489 e. The molecule has 2 aromatic carbocycles. The van der Waals surface area contributed by atoms with Crippen molar-refractivity contribution in [3.63, 3.8) is 0 Å². The van der Waals surface area contributed by atoms with Gasteiger partial charge in [0.25, 0.3) is 0 Å². The number of ether oxygens (including phenoxy) is 2. The van der Waals surface area contributed by atoms with E-state index >= 15 is 0 Å². The number of ketones is 2. The maximum absolute atomic E-state index is 13.4. The molecule has 2 aromatic rings. The largest absolute Gasteiger partial charge is 0.489 e. The molecule has 0 bridgehead atoms. The van der Waals surface area contributed by atoms with Gasteiger partial charge >= 0.3 is 0 Å². The van der Waals surface area contributed by atoms with Gasteiger partial charge in [-0.2, -0.15) is 0 Å². The normalized spacial score (nSPS) is 21.1. The molecule has 0 unspecified atom stereocenters. The summed E-state index contributed by atoms with van der Waals surface area (Å²) in [5, 5.41) is 0. The molecule has 4 nitrogen and oxygen atoms in total. The van der Waals surface area contributed by atoms with Gasteiger partial charge in [0, 0.05) is 42.7 Å². The summed E-state index contributed by atoms with van der Waals surface area (Å²) in [5.74, 6) is 2.08. The van der Waals surface area contributed by atoms with Gasteiger partial charge in [0.15, 0.2) is 11.6 Å². The Labute approximate surface area is 214 Å². The van der Waals surface area contributed by atoms with Crippen molar-refractivity contribution in [1.82, 2.24) is 0 Å². The molecule has 1 heterocycles. The first-order chi connectivity index (χ1) is 17.1. The molecule has 3 aliphatic rings. The second kappa shape index (κ2) is 9.06. The van der Waals surface area contributed by atoms with Crippen molar-refractivity contribution in [2.75, 3.05) is 0 Å². The van der Waals surface area contributed by atoms with E-state index in [0.29, 0.717) is 43.4 Å². The topological polar surface area (TPSA) is 52.6 Å². The zero-order valence-corrected chi connectivity index (χ0v) is 22.1. The van der Waals surface area contributed by atoms with Crippen LogP contribution in [-0.4, -0.2) is 11.6 Å². The zero-order valence-electron chi connectivity index (χ0n) is 22.1. The van der Waals surface area contributed by atoms with Crippen LogP contribution in [0.25, 0.3) is 0 Å². The molecule has 0 saturated heterocycles. The third-order valence-electron chi connectivity index (χ3n) is 7.69. The second-order valence-corrected chi connectivity index (χ2v) is 12.1. The molecule has 188 valence electrons. The summed E-state index contributed by atoms with van der Waals surface area (Å²) in [4.78, 5) is 26.9. The summed E-state index contributed by atoms with van der Waals surface area (Å²) in [5.41, 5.74) is 4.45. The molecule has 36 heavy (non-hydrogen) atoms. The van der Waals surface area contributed by atoms with Crippen molar-refractivity contribution in [1.29, 1.82) is 0 Å². The Morgan fingerprint density at radius 1 is 0.778 bits per heavy atom. The van der Waals surface area contributed by atoms with Crippen LogP contribution in [0.4, 0.5) is 0 Å². The van der Waals surface area contributed by atoms with Crippen LogP contribution in [0.3, 0.4) is 0 Å². The highest BCUT2D eigenvalue weighted by Gasteiger charge is 2.47. The Hall–Kier alpha value is -3.14. The van der Waals surface area contributed by atoms with E-state index in [1.165, 1.54) is 11.1 Å². The van der Waals surface area contributed by atoms with Gasteiger partial charge in [0.1, 0.15) is 23.9 Å². The number of rotatable bonds is 5. The molecular weight excluding hydrogens is 448 g/mol. The molecule has 0 N–H and O–H groups in total. The smallest absolute Gasteiger partial charge is 0.163 e.